The second-order valence-electron chi connectivity index (χ2n) is 5.28. The van der Waals surface area contributed by atoms with E-state index in [4.69, 9.17) is 5.26 Å². The first-order valence-corrected chi connectivity index (χ1v) is 7.15. The van der Waals surface area contributed by atoms with Crippen LogP contribution in [0.15, 0.2) is 42.5 Å². The number of nitrogens with zero attached hydrogens (tertiary/aromatic N) is 3. The molecule has 1 heterocycles. The van der Waals surface area contributed by atoms with Gasteiger partial charge in [-0.1, -0.05) is 18.2 Å². The molecule has 0 saturated carbocycles. The topological polar surface area (TPSA) is 104 Å². The van der Waals surface area contributed by atoms with Crippen LogP contribution in [0.2, 0.25) is 0 Å². The molecule has 1 aliphatic heterocycles. The minimum absolute atomic E-state index is 0.0555. The SMILES string of the molecule is N#Cc1cccc(CCN2C(=O)c3cccc([N+](=O)[O-])c3C2=O)c1. The number of nitro groups is 1. The number of rotatable bonds is 4. The molecule has 24 heavy (non-hydrogen) atoms. The van der Waals surface area contributed by atoms with E-state index in [1.165, 1.54) is 18.2 Å². The van der Waals surface area contributed by atoms with Crippen LogP contribution in [-0.4, -0.2) is 28.2 Å². The quantitative estimate of drug-likeness (QED) is 0.488. The average Bonchev–Trinajstić information content (AvgIpc) is 2.84. The van der Waals surface area contributed by atoms with Gasteiger partial charge in [0.1, 0.15) is 5.56 Å². The van der Waals surface area contributed by atoms with Gasteiger partial charge in [0.2, 0.25) is 0 Å². The zero-order valence-corrected chi connectivity index (χ0v) is 12.4. The van der Waals surface area contributed by atoms with Crippen LogP contribution in [0, 0.1) is 21.4 Å². The van der Waals surface area contributed by atoms with Gasteiger partial charge in [-0.25, -0.2) is 0 Å². The molecule has 0 N–H and O–H groups in total. The summed E-state index contributed by atoms with van der Waals surface area (Å²) in [7, 11) is 0. The highest BCUT2D eigenvalue weighted by Gasteiger charge is 2.40. The third-order valence-electron chi connectivity index (χ3n) is 3.85. The first kappa shape index (κ1) is 15.4. The minimum Gasteiger partial charge on any atom is -0.274 e. The Kier molecular flexibility index (Phi) is 3.80. The minimum atomic E-state index is -0.663. The fourth-order valence-electron chi connectivity index (χ4n) is 2.71. The van der Waals surface area contributed by atoms with Crippen molar-refractivity contribution in [2.24, 2.45) is 0 Å². The Morgan fingerprint density at radius 3 is 2.58 bits per heavy atom. The summed E-state index contributed by atoms with van der Waals surface area (Å²) in [6, 6.07) is 12.9. The molecule has 0 aromatic heterocycles. The van der Waals surface area contributed by atoms with Crippen molar-refractivity contribution in [1.82, 2.24) is 4.90 Å². The molecular formula is C17H11N3O4. The van der Waals surface area contributed by atoms with Gasteiger partial charge in [0, 0.05) is 12.6 Å². The molecule has 0 aliphatic carbocycles. The van der Waals surface area contributed by atoms with Crippen molar-refractivity contribution in [2.45, 2.75) is 6.42 Å². The summed E-state index contributed by atoms with van der Waals surface area (Å²) in [5.41, 5.74) is 0.837. The summed E-state index contributed by atoms with van der Waals surface area (Å²) >= 11 is 0. The number of carbonyl (C=O) groups is 2. The Morgan fingerprint density at radius 1 is 1.12 bits per heavy atom. The smallest absolute Gasteiger partial charge is 0.274 e. The Labute approximate surface area is 136 Å². The Hall–Kier alpha value is -3.53. The lowest BCUT2D eigenvalue weighted by Crippen LogP contribution is -2.31. The number of nitriles is 1. The van der Waals surface area contributed by atoms with Crippen molar-refractivity contribution in [1.29, 1.82) is 5.26 Å². The van der Waals surface area contributed by atoms with Gasteiger partial charge in [-0.15, -0.1) is 0 Å². The highest BCUT2D eigenvalue weighted by atomic mass is 16.6. The third-order valence-corrected chi connectivity index (χ3v) is 3.85. The molecule has 7 heteroatoms. The molecule has 0 fully saturated rings. The predicted molar refractivity (Wildman–Crippen MR) is 83.3 cm³/mol. The number of carbonyl (C=O) groups excluding carboxylic acids is 2. The van der Waals surface area contributed by atoms with Gasteiger partial charge in [-0.3, -0.25) is 24.6 Å². The molecule has 7 nitrogen and oxygen atoms in total. The van der Waals surface area contributed by atoms with E-state index < -0.39 is 16.7 Å². The molecule has 0 bridgehead atoms. The van der Waals surface area contributed by atoms with Crippen molar-refractivity contribution < 1.29 is 14.5 Å². The first-order chi connectivity index (χ1) is 11.5. The highest BCUT2D eigenvalue weighted by Crippen LogP contribution is 2.30. The molecule has 0 radical (unpaired) electrons. The number of nitro benzene ring substituents is 1. The molecule has 2 amide bonds. The van der Waals surface area contributed by atoms with Gasteiger partial charge in [-0.05, 0) is 30.2 Å². The van der Waals surface area contributed by atoms with Gasteiger partial charge in [0.15, 0.2) is 0 Å². The second kappa shape index (κ2) is 5.93. The summed E-state index contributed by atoms with van der Waals surface area (Å²) in [5.74, 6) is -1.19. The van der Waals surface area contributed by atoms with Crippen LogP contribution in [0.3, 0.4) is 0 Å². The molecule has 3 rings (SSSR count). The standard InChI is InChI=1S/C17H11N3O4/c18-10-12-4-1-3-11(9-12)7-8-19-16(21)13-5-2-6-14(20(23)24)15(13)17(19)22/h1-6,9H,7-8H2. The van der Waals surface area contributed by atoms with Crippen LogP contribution >= 0.6 is 0 Å². The van der Waals surface area contributed by atoms with E-state index in [0.29, 0.717) is 12.0 Å². The normalized spacial score (nSPS) is 12.9. The summed E-state index contributed by atoms with van der Waals surface area (Å²) in [5, 5.41) is 20.0. The molecule has 0 unspecified atom stereocenters. The summed E-state index contributed by atoms with van der Waals surface area (Å²) in [4.78, 5) is 36.2. The van der Waals surface area contributed by atoms with Crippen LogP contribution in [0.25, 0.3) is 0 Å². The Balaban J connectivity index is 1.85. The van der Waals surface area contributed by atoms with Gasteiger partial charge in [-0.2, -0.15) is 5.26 Å². The van der Waals surface area contributed by atoms with Crippen LogP contribution in [0.1, 0.15) is 31.8 Å². The van der Waals surface area contributed by atoms with Crippen LogP contribution in [0.5, 0.6) is 0 Å². The second-order valence-corrected chi connectivity index (χ2v) is 5.28. The van der Waals surface area contributed by atoms with Crippen molar-refractivity contribution >= 4 is 17.5 Å². The number of imide groups is 1. The molecule has 0 spiro atoms. The largest absolute Gasteiger partial charge is 0.282 e. The number of benzene rings is 2. The maximum Gasteiger partial charge on any atom is 0.282 e. The average molecular weight is 321 g/mol. The number of fused-ring (bicyclic) bond motifs is 1. The molecule has 2 aromatic carbocycles. The van der Waals surface area contributed by atoms with Crippen molar-refractivity contribution in [2.75, 3.05) is 6.54 Å². The third kappa shape index (κ3) is 2.50. The number of hydrogen-bond acceptors (Lipinski definition) is 5. The van der Waals surface area contributed by atoms with Crippen molar-refractivity contribution in [3.05, 3.63) is 74.8 Å². The molecular weight excluding hydrogens is 310 g/mol. The van der Waals surface area contributed by atoms with E-state index in [1.807, 2.05) is 6.07 Å². The number of hydrogen-bond donors (Lipinski definition) is 0. The Bertz CT molecular complexity index is 914. The van der Waals surface area contributed by atoms with E-state index in [0.717, 1.165) is 10.5 Å². The fourth-order valence-corrected chi connectivity index (χ4v) is 2.71. The predicted octanol–water partition coefficient (Wildman–Crippen LogP) is 2.31. The van der Waals surface area contributed by atoms with E-state index in [-0.39, 0.29) is 23.4 Å². The van der Waals surface area contributed by atoms with Gasteiger partial charge >= 0.3 is 0 Å². The van der Waals surface area contributed by atoms with E-state index >= 15 is 0 Å². The molecule has 2 aromatic rings. The van der Waals surface area contributed by atoms with Crippen molar-refractivity contribution in [3.63, 3.8) is 0 Å². The maximum atomic E-state index is 12.4. The van der Waals surface area contributed by atoms with Crippen LogP contribution in [0.4, 0.5) is 5.69 Å². The molecule has 0 atom stereocenters. The van der Waals surface area contributed by atoms with Crippen molar-refractivity contribution in [3.8, 4) is 6.07 Å². The van der Waals surface area contributed by atoms with Crippen LogP contribution in [-0.2, 0) is 6.42 Å². The summed E-state index contributed by atoms with van der Waals surface area (Å²) in [6.45, 7) is 0.0956. The Morgan fingerprint density at radius 2 is 1.88 bits per heavy atom. The van der Waals surface area contributed by atoms with Gasteiger partial charge in [0.25, 0.3) is 17.5 Å². The molecule has 1 aliphatic rings. The zero-order valence-electron chi connectivity index (χ0n) is 12.4. The lowest BCUT2D eigenvalue weighted by molar-refractivity contribution is -0.385. The lowest BCUT2D eigenvalue weighted by Gasteiger charge is -2.13. The lowest BCUT2D eigenvalue weighted by atomic mass is 10.1. The fraction of sp³-hybridized carbons (Fsp3) is 0.118. The summed E-state index contributed by atoms with van der Waals surface area (Å²) in [6.07, 6.45) is 0.370. The number of amides is 2. The monoisotopic (exact) mass is 321 g/mol. The summed E-state index contributed by atoms with van der Waals surface area (Å²) < 4.78 is 0. The van der Waals surface area contributed by atoms with E-state index in [9.17, 15) is 19.7 Å². The van der Waals surface area contributed by atoms with E-state index in [1.54, 1.807) is 24.3 Å². The maximum absolute atomic E-state index is 12.4. The zero-order chi connectivity index (χ0) is 17.3. The molecule has 118 valence electrons. The van der Waals surface area contributed by atoms with Gasteiger partial charge in [0.05, 0.1) is 22.1 Å². The highest BCUT2D eigenvalue weighted by molar-refractivity contribution is 6.23. The van der Waals surface area contributed by atoms with Crippen LogP contribution < -0.4 is 0 Å². The van der Waals surface area contributed by atoms with E-state index in [2.05, 4.69) is 0 Å². The van der Waals surface area contributed by atoms with Gasteiger partial charge < -0.3 is 0 Å². The molecule has 0 saturated heterocycles. The first-order valence-electron chi connectivity index (χ1n) is 7.15.